The zero-order valence-corrected chi connectivity index (χ0v) is 9.92. The van der Waals surface area contributed by atoms with Gasteiger partial charge in [-0.25, -0.2) is 0 Å². The lowest BCUT2D eigenvalue weighted by molar-refractivity contribution is 0.0471. The SMILES string of the molecule is CCC1CN(C(C)COC)C(C)CN1. The Balaban J connectivity index is 2.46. The van der Waals surface area contributed by atoms with Gasteiger partial charge in [0.05, 0.1) is 6.61 Å². The Hall–Kier alpha value is -0.120. The molecule has 1 heterocycles. The first-order valence-corrected chi connectivity index (χ1v) is 5.67. The van der Waals surface area contributed by atoms with Crippen molar-refractivity contribution >= 4 is 0 Å². The van der Waals surface area contributed by atoms with Gasteiger partial charge in [0.2, 0.25) is 0 Å². The average Bonchev–Trinajstić information content (AvgIpc) is 2.19. The fourth-order valence-corrected chi connectivity index (χ4v) is 2.18. The normalized spacial score (nSPS) is 31.7. The molecule has 3 atom stereocenters. The Bertz CT molecular complexity index is 163. The Labute approximate surface area is 87.8 Å². The van der Waals surface area contributed by atoms with Crippen molar-refractivity contribution in [1.82, 2.24) is 10.2 Å². The Kier molecular flexibility index (Phi) is 4.85. The summed E-state index contributed by atoms with van der Waals surface area (Å²) in [5.41, 5.74) is 0. The number of hydrogen-bond donors (Lipinski definition) is 1. The van der Waals surface area contributed by atoms with Crippen molar-refractivity contribution in [3.8, 4) is 0 Å². The Morgan fingerprint density at radius 3 is 2.86 bits per heavy atom. The molecule has 0 aliphatic carbocycles. The first-order valence-electron chi connectivity index (χ1n) is 5.67. The molecule has 0 aromatic carbocycles. The van der Waals surface area contributed by atoms with E-state index in [-0.39, 0.29) is 0 Å². The van der Waals surface area contributed by atoms with Crippen LogP contribution in [0.2, 0.25) is 0 Å². The maximum absolute atomic E-state index is 5.21. The largest absolute Gasteiger partial charge is 0.383 e. The highest BCUT2D eigenvalue weighted by atomic mass is 16.5. The minimum absolute atomic E-state index is 0.533. The molecule has 0 saturated carbocycles. The van der Waals surface area contributed by atoms with Crippen molar-refractivity contribution in [3.05, 3.63) is 0 Å². The molecule has 1 N–H and O–H groups in total. The number of nitrogens with one attached hydrogen (secondary N) is 1. The van der Waals surface area contributed by atoms with E-state index < -0.39 is 0 Å². The predicted molar refractivity (Wildman–Crippen MR) is 59.6 cm³/mol. The minimum atomic E-state index is 0.533. The molecule has 0 spiro atoms. The van der Waals surface area contributed by atoms with E-state index in [1.165, 1.54) is 6.42 Å². The summed E-state index contributed by atoms with van der Waals surface area (Å²) < 4.78 is 5.21. The van der Waals surface area contributed by atoms with Crippen LogP contribution < -0.4 is 5.32 Å². The van der Waals surface area contributed by atoms with Gasteiger partial charge >= 0.3 is 0 Å². The van der Waals surface area contributed by atoms with Crippen LogP contribution in [0, 0.1) is 0 Å². The third-order valence-electron chi connectivity index (χ3n) is 3.17. The van der Waals surface area contributed by atoms with E-state index in [0.29, 0.717) is 18.1 Å². The van der Waals surface area contributed by atoms with Crippen molar-refractivity contribution in [2.24, 2.45) is 0 Å². The maximum atomic E-state index is 5.21. The third-order valence-corrected chi connectivity index (χ3v) is 3.17. The number of rotatable bonds is 4. The summed E-state index contributed by atoms with van der Waals surface area (Å²) in [6.07, 6.45) is 1.21. The number of methoxy groups -OCH3 is 1. The molecule has 0 bridgehead atoms. The van der Waals surface area contributed by atoms with E-state index in [0.717, 1.165) is 19.7 Å². The van der Waals surface area contributed by atoms with Gasteiger partial charge in [0.25, 0.3) is 0 Å². The van der Waals surface area contributed by atoms with E-state index in [1.54, 1.807) is 7.11 Å². The van der Waals surface area contributed by atoms with E-state index in [2.05, 4.69) is 31.0 Å². The van der Waals surface area contributed by atoms with Crippen LogP contribution in [0.4, 0.5) is 0 Å². The van der Waals surface area contributed by atoms with Crippen LogP contribution >= 0.6 is 0 Å². The molecule has 1 aliphatic heterocycles. The first kappa shape index (κ1) is 12.0. The standard InChI is InChI=1S/C11H24N2O/c1-5-11-7-13(9(2)6-12-11)10(3)8-14-4/h9-12H,5-8H2,1-4H3. The number of hydrogen-bond acceptors (Lipinski definition) is 3. The second-order valence-corrected chi connectivity index (χ2v) is 4.36. The van der Waals surface area contributed by atoms with E-state index in [9.17, 15) is 0 Å². The molecule has 1 rings (SSSR count). The molecule has 0 aromatic heterocycles. The van der Waals surface area contributed by atoms with Gasteiger partial charge in [-0.3, -0.25) is 4.90 Å². The summed E-state index contributed by atoms with van der Waals surface area (Å²) in [5, 5.41) is 3.56. The molecule has 84 valence electrons. The number of nitrogens with zero attached hydrogens (tertiary/aromatic N) is 1. The smallest absolute Gasteiger partial charge is 0.0615 e. The van der Waals surface area contributed by atoms with Crippen molar-refractivity contribution in [2.75, 3.05) is 26.8 Å². The zero-order valence-electron chi connectivity index (χ0n) is 9.92. The Morgan fingerprint density at radius 1 is 1.57 bits per heavy atom. The molecule has 1 saturated heterocycles. The molecule has 1 aliphatic rings. The lowest BCUT2D eigenvalue weighted by atomic mass is 10.1. The quantitative estimate of drug-likeness (QED) is 0.735. The zero-order chi connectivity index (χ0) is 10.6. The van der Waals surface area contributed by atoms with Crippen LogP contribution in [0.15, 0.2) is 0 Å². The van der Waals surface area contributed by atoms with Gasteiger partial charge in [-0.1, -0.05) is 6.92 Å². The molecule has 0 radical (unpaired) electrons. The fraction of sp³-hybridized carbons (Fsp3) is 1.00. The van der Waals surface area contributed by atoms with Crippen molar-refractivity contribution in [2.45, 2.75) is 45.3 Å². The highest BCUT2D eigenvalue weighted by Gasteiger charge is 2.27. The monoisotopic (exact) mass is 200 g/mol. The highest BCUT2D eigenvalue weighted by Crippen LogP contribution is 2.12. The summed E-state index contributed by atoms with van der Waals surface area (Å²) >= 11 is 0. The second-order valence-electron chi connectivity index (χ2n) is 4.36. The topological polar surface area (TPSA) is 24.5 Å². The summed E-state index contributed by atoms with van der Waals surface area (Å²) in [6.45, 7) is 9.87. The van der Waals surface area contributed by atoms with Gasteiger partial charge in [0, 0.05) is 38.3 Å². The van der Waals surface area contributed by atoms with Gasteiger partial charge in [0.1, 0.15) is 0 Å². The van der Waals surface area contributed by atoms with Crippen LogP contribution in [0.1, 0.15) is 27.2 Å². The van der Waals surface area contributed by atoms with Gasteiger partial charge in [-0.15, -0.1) is 0 Å². The van der Waals surface area contributed by atoms with Gasteiger partial charge in [-0.05, 0) is 20.3 Å². The summed E-state index contributed by atoms with van der Waals surface area (Å²) in [5.74, 6) is 0. The highest BCUT2D eigenvalue weighted by molar-refractivity contribution is 4.85. The van der Waals surface area contributed by atoms with E-state index in [1.807, 2.05) is 0 Å². The third kappa shape index (κ3) is 2.94. The molecule has 3 unspecified atom stereocenters. The van der Waals surface area contributed by atoms with Crippen molar-refractivity contribution in [1.29, 1.82) is 0 Å². The van der Waals surface area contributed by atoms with Crippen LogP contribution in [0.25, 0.3) is 0 Å². The molecule has 14 heavy (non-hydrogen) atoms. The molecule has 1 fully saturated rings. The fourth-order valence-electron chi connectivity index (χ4n) is 2.18. The van der Waals surface area contributed by atoms with Crippen molar-refractivity contribution < 1.29 is 4.74 Å². The summed E-state index contributed by atoms with van der Waals surface area (Å²) in [4.78, 5) is 2.55. The van der Waals surface area contributed by atoms with Crippen molar-refractivity contribution in [3.63, 3.8) is 0 Å². The molecular formula is C11H24N2O. The first-order chi connectivity index (χ1) is 6.69. The van der Waals surface area contributed by atoms with Gasteiger partial charge in [-0.2, -0.15) is 0 Å². The van der Waals surface area contributed by atoms with Crippen LogP contribution in [-0.4, -0.2) is 49.8 Å². The lowest BCUT2D eigenvalue weighted by Gasteiger charge is -2.41. The molecule has 0 aromatic rings. The lowest BCUT2D eigenvalue weighted by Crippen LogP contribution is -2.58. The molecule has 3 heteroatoms. The van der Waals surface area contributed by atoms with Gasteiger partial charge < -0.3 is 10.1 Å². The number of ether oxygens (including phenoxy) is 1. The van der Waals surface area contributed by atoms with Gasteiger partial charge in [0.15, 0.2) is 0 Å². The number of piperazine rings is 1. The summed E-state index contributed by atoms with van der Waals surface area (Å²) in [6, 6.07) is 1.82. The second kappa shape index (κ2) is 5.69. The van der Waals surface area contributed by atoms with Crippen LogP contribution in [0.3, 0.4) is 0 Å². The van der Waals surface area contributed by atoms with E-state index >= 15 is 0 Å². The molecule has 0 amide bonds. The summed E-state index contributed by atoms with van der Waals surface area (Å²) in [7, 11) is 1.78. The van der Waals surface area contributed by atoms with Crippen LogP contribution in [0.5, 0.6) is 0 Å². The predicted octanol–water partition coefficient (Wildman–Crippen LogP) is 1.09. The molecule has 3 nitrogen and oxygen atoms in total. The van der Waals surface area contributed by atoms with E-state index in [4.69, 9.17) is 4.74 Å². The molecular weight excluding hydrogens is 176 g/mol. The Morgan fingerprint density at radius 2 is 2.29 bits per heavy atom. The average molecular weight is 200 g/mol. The van der Waals surface area contributed by atoms with Crippen LogP contribution in [-0.2, 0) is 4.74 Å². The minimum Gasteiger partial charge on any atom is -0.383 e. The maximum Gasteiger partial charge on any atom is 0.0615 e.